The van der Waals surface area contributed by atoms with Gasteiger partial charge in [0.25, 0.3) is 0 Å². The summed E-state index contributed by atoms with van der Waals surface area (Å²) in [5.74, 6) is -0.708. The Kier molecular flexibility index (Phi) is 4.63. The molecule has 0 saturated heterocycles. The molecule has 0 heterocycles. The van der Waals surface area contributed by atoms with Crippen molar-refractivity contribution in [1.29, 1.82) is 0 Å². The summed E-state index contributed by atoms with van der Waals surface area (Å²) in [7, 11) is 0. The number of hydrogen-bond donors (Lipinski definition) is 1. The van der Waals surface area contributed by atoms with E-state index in [2.05, 4.69) is 24.4 Å². The first-order valence-corrected chi connectivity index (χ1v) is 6.36. The van der Waals surface area contributed by atoms with Crippen molar-refractivity contribution in [3.63, 3.8) is 0 Å². The number of nitrogens with one attached hydrogen (secondary N) is 1. The van der Waals surface area contributed by atoms with Crippen molar-refractivity contribution in [2.24, 2.45) is 0 Å². The lowest BCUT2D eigenvalue weighted by molar-refractivity contribution is 0.570. The van der Waals surface area contributed by atoms with Crippen molar-refractivity contribution in [2.45, 2.75) is 19.4 Å². The van der Waals surface area contributed by atoms with Gasteiger partial charge >= 0.3 is 0 Å². The number of halogens is 2. The molecule has 0 aliphatic rings. The average molecular weight is 261 g/mol. The maximum atomic E-state index is 13.0. The molecule has 0 radical (unpaired) electrons. The summed E-state index contributed by atoms with van der Waals surface area (Å²) in [4.78, 5) is 0. The third-order valence-corrected chi connectivity index (χ3v) is 3.07. The normalized spacial score (nSPS) is 12.4. The first kappa shape index (κ1) is 13.7. The maximum absolute atomic E-state index is 13.0. The molecule has 2 aromatic carbocycles. The topological polar surface area (TPSA) is 12.0 Å². The van der Waals surface area contributed by atoms with Crippen LogP contribution in [0.25, 0.3) is 0 Å². The molecule has 2 aromatic rings. The highest BCUT2D eigenvalue weighted by Gasteiger charge is 2.05. The van der Waals surface area contributed by atoms with E-state index in [4.69, 9.17) is 0 Å². The summed E-state index contributed by atoms with van der Waals surface area (Å²) in [6.45, 7) is 3.35. The lowest BCUT2D eigenvalue weighted by Crippen LogP contribution is -2.19. The van der Waals surface area contributed by atoms with Gasteiger partial charge in [-0.3, -0.25) is 0 Å². The van der Waals surface area contributed by atoms with Crippen LogP contribution in [0.2, 0.25) is 0 Å². The monoisotopic (exact) mass is 261 g/mol. The van der Waals surface area contributed by atoms with Crippen LogP contribution in [0, 0.1) is 11.6 Å². The zero-order valence-electron chi connectivity index (χ0n) is 10.9. The van der Waals surface area contributed by atoms with Gasteiger partial charge in [-0.25, -0.2) is 8.78 Å². The minimum atomic E-state index is -0.534. The van der Waals surface area contributed by atoms with Crippen LogP contribution in [0.4, 0.5) is 8.78 Å². The Bertz CT molecular complexity index is 505. The van der Waals surface area contributed by atoms with Gasteiger partial charge in [-0.1, -0.05) is 37.3 Å². The quantitative estimate of drug-likeness (QED) is 0.861. The Hall–Kier alpha value is -1.74. The highest BCUT2D eigenvalue weighted by Crippen LogP contribution is 2.13. The predicted octanol–water partition coefficient (Wildman–Crippen LogP) is 3.86. The molecular formula is C16H17F2N. The summed E-state index contributed by atoms with van der Waals surface area (Å²) < 4.78 is 26.0. The molecule has 0 bridgehead atoms. The fraction of sp³-hybridized carbons (Fsp3) is 0.250. The number of hydrogen-bond acceptors (Lipinski definition) is 1. The molecule has 0 amide bonds. The van der Waals surface area contributed by atoms with Crippen molar-refractivity contribution in [3.05, 3.63) is 71.3 Å². The van der Waals surface area contributed by atoms with Crippen LogP contribution in [0.15, 0.2) is 48.5 Å². The van der Waals surface area contributed by atoms with Crippen LogP contribution in [0.1, 0.15) is 24.0 Å². The molecule has 1 atom stereocenters. The second-order valence-corrected chi connectivity index (χ2v) is 4.72. The van der Waals surface area contributed by atoms with Gasteiger partial charge in [-0.15, -0.1) is 0 Å². The lowest BCUT2D eigenvalue weighted by atomic mass is 10.0. The van der Waals surface area contributed by atoms with Crippen LogP contribution in [0.3, 0.4) is 0 Å². The molecular weight excluding hydrogens is 244 g/mol. The Morgan fingerprint density at radius 3 is 2.26 bits per heavy atom. The van der Waals surface area contributed by atoms with Crippen LogP contribution in [0.5, 0.6) is 0 Å². The molecule has 0 fully saturated rings. The molecule has 0 aliphatic carbocycles. The molecule has 0 saturated carbocycles. The summed E-state index contributed by atoms with van der Waals surface area (Å²) in [5.41, 5.74) is 1.87. The van der Waals surface area contributed by atoms with Gasteiger partial charge < -0.3 is 5.32 Å². The number of benzene rings is 2. The zero-order valence-corrected chi connectivity index (χ0v) is 10.9. The van der Waals surface area contributed by atoms with Crippen molar-refractivity contribution in [3.8, 4) is 0 Å². The molecule has 0 aliphatic heterocycles. The predicted molar refractivity (Wildman–Crippen MR) is 72.9 cm³/mol. The van der Waals surface area contributed by atoms with E-state index >= 15 is 0 Å². The zero-order chi connectivity index (χ0) is 13.7. The second kappa shape index (κ2) is 6.43. The minimum absolute atomic E-state index is 0.361. The van der Waals surface area contributed by atoms with Gasteiger partial charge in [-0.05, 0) is 29.2 Å². The van der Waals surface area contributed by atoms with E-state index in [9.17, 15) is 8.78 Å². The van der Waals surface area contributed by atoms with Crippen molar-refractivity contribution >= 4 is 0 Å². The number of rotatable bonds is 5. The van der Waals surface area contributed by atoms with Gasteiger partial charge in [0.1, 0.15) is 11.6 Å². The minimum Gasteiger partial charge on any atom is -0.312 e. The fourth-order valence-corrected chi connectivity index (χ4v) is 2.05. The summed E-state index contributed by atoms with van der Waals surface area (Å²) >= 11 is 0. The van der Waals surface area contributed by atoms with Crippen molar-refractivity contribution in [2.75, 3.05) is 6.54 Å². The van der Waals surface area contributed by atoms with E-state index < -0.39 is 11.6 Å². The largest absolute Gasteiger partial charge is 0.312 e. The molecule has 0 spiro atoms. The smallest absolute Gasteiger partial charge is 0.126 e. The highest BCUT2D eigenvalue weighted by atomic mass is 19.1. The Morgan fingerprint density at radius 2 is 1.63 bits per heavy atom. The summed E-state index contributed by atoms with van der Waals surface area (Å²) in [5, 5.41) is 3.22. The van der Waals surface area contributed by atoms with Gasteiger partial charge in [0.15, 0.2) is 0 Å². The van der Waals surface area contributed by atoms with Crippen LogP contribution >= 0.6 is 0 Å². The van der Waals surface area contributed by atoms with E-state index in [1.807, 2.05) is 18.2 Å². The standard InChI is InChI=1S/C16H17F2N/c1-12(14-5-3-2-4-6-14)10-19-11-13-7-15(17)9-16(18)8-13/h2-9,12,19H,10-11H2,1H3. The molecule has 19 heavy (non-hydrogen) atoms. The van der Waals surface area contributed by atoms with Gasteiger partial charge in [0, 0.05) is 19.2 Å². The van der Waals surface area contributed by atoms with Crippen molar-refractivity contribution in [1.82, 2.24) is 5.32 Å². The lowest BCUT2D eigenvalue weighted by Gasteiger charge is -2.13. The summed E-state index contributed by atoms with van der Waals surface area (Å²) in [6, 6.07) is 13.7. The van der Waals surface area contributed by atoms with E-state index in [-0.39, 0.29) is 0 Å². The van der Waals surface area contributed by atoms with E-state index in [0.29, 0.717) is 18.0 Å². The molecule has 1 N–H and O–H groups in total. The van der Waals surface area contributed by atoms with Crippen molar-refractivity contribution < 1.29 is 8.78 Å². The molecule has 1 nitrogen and oxygen atoms in total. The van der Waals surface area contributed by atoms with Gasteiger partial charge in [0.05, 0.1) is 0 Å². The van der Waals surface area contributed by atoms with Crippen LogP contribution in [-0.2, 0) is 6.54 Å². The summed E-state index contributed by atoms with van der Waals surface area (Å²) in [6.07, 6.45) is 0. The molecule has 1 unspecified atom stereocenters. The van der Waals surface area contributed by atoms with Crippen LogP contribution < -0.4 is 5.32 Å². The Balaban J connectivity index is 1.86. The SMILES string of the molecule is CC(CNCc1cc(F)cc(F)c1)c1ccccc1. The second-order valence-electron chi connectivity index (χ2n) is 4.72. The third kappa shape index (κ3) is 4.14. The van der Waals surface area contributed by atoms with E-state index in [1.54, 1.807) is 0 Å². The molecule has 100 valence electrons. The van der Waals surface area contributed by atoms with Gasteiger partial charge in [0.2, 0.25) is 0 Å². The third-order valence-electron chi connectivity index (χ3n) is 3.07. The Morgan fingerprint density at radius 1 is 1.00 bits per heavy atom. The first-order valence-electron chi connectivity index (χ1n) is 6.36. The average Bonchev–Trinajstić information content (AvgIpc) is 2.38. The highest BCUT2D eigenvalue weighted by molar-refractivity contribution is 5.20. The molecule has 0 aromatic heterocycles. The van der Waals surface area contributed by atoms with Crippen LogP contribution in [-0.4, -0.2) is 6.54 Å². The first-order chi connectivity index (χ1) is 9.15. The maximum Gasteiger partial charge on any atom is 0.126 e. The van der Waals surface area contributed by atoms with Gasteiger partial charge in [-0.2, -0.15) is 0 Å². The molecule has 2 rings (SSSR count). The molecule has 3 heteroatoms. The van der Waals surface area contributed by atoms with E-state index in [1.165, 1.54) is 17.7 Å². The fourth-order valence-electron chi connectivity index (χ4n) is 2.05. The van der Waals surface area contributed by atoms with E-state index in [0.717, 1.165) is 12.6 Å². The Labute approximate surface area is 112 Å².